The lowest BCUT2D eigenvalue weighted by Gasteiger charge is -2.13. The highest BCUT2D eigenvalue weighted by Crippen LogP contribution is 2.40. The Morgan fingerprint density at radius 3 is 2.23 bits per heavy atom. The van der Waals surface area contributed by atoms with Gasteiger partial charge in [-0.2, -0.15) is 0 Å². The molecule has 7 nitrogen and oxygen atoms in total. The van der Waals surface area contributed by atoms with Gasteiger partial charge in [-0.05, 0) is 37.6 Å². The number of benzene rings is 2. The lowest BCUT2D eigenvalue weighted by molar-refractivity contribution is -0.388. The number of hydrogen-bond acceptors (Lipinski definition) is 7. The SMILES string of the molecule is COC(=O)c1ccccc1Sc1cc(C)c(C(=O)OC)c(C)c1[N+](=O)[O-]. The smallest absolute Gasteiger partial charge is 0.339 e. The van der Waals surface area contributed by atoms with Gasteiger partial charge in [0.05, 0.1) is 35.2 Å². The molecule has 2 aromatic rings. The van der Waals surface area contributed by atoms with Crippen molar-refractivity contribution in [2.24, 2.45) is 0 Å². The molecule has 0 fully saturated rings. The molecular formula is C18H17NO6S. The van der Waals surface area contributed by atoms with E-state index >= 15 is 0 Å². The molecule has 0 aliphatic heterocycles. The summed E-state index contributed by atoms with van der Waals surface area (Å²) in [4.78, 5) is 35.8. The van der Waals surface area contributed by atoms with Crippen LogP contribution >= 0.6 is 11.8 Å². The highest BCUT2D eigenvalue weighted by atomic mass is 32.2. The second-order valence-electron chi connectivity index (χ2n) is 5.38. The summed E-state index contributed by atoms with van der Waals surface area (Å²) in [6.45, 7) is 3.19. The summed E-state index contributed by atoms with van der Waals surface area (Å²) in [5, 5.41) is 11.6. The Kier molecular flexibility index (Phi) is 5.99. The van der Waals surface area contributed by atoms with Crippen molar-refractivity contribution in [3.05, 3.63) is 62.7 Å². The van der Waals surface area contributed by atoms with Gasteiger partial charge in [-0.1, -0.05) is 23.9 Å². The van der Waals surface area contributed by atoms with E-state index in [9.17, 15) is 19.7 Å². The average molecular weight is 375 g/mol. The van der Waals surface area contributed by atoms with Gasteiger partial charge in [0.2, 0.25) is 0 Å². The van der Waals surface area contributed by atoms with Gasteiger partial charge in [0.25, 0.3) is 5.69 Å². The number of esters is 2. The largest absolute Gasteiger partial charge is 0.465 e. The number of ether oxygens (including phenoxy) is 2. The molecule has 0 spiro atoms. The van der Waals surface area contributed by atoms with E-state index in [1.54, 1.807) is 37.3 Å². The number of rotatable bonds is 5. The molecule has 0 saturated carbocycles. The van der Waals surface area contributed by atoms with Crippen molar-refractivity contribution in [2.45, 2.75) is 23.6 Å². The minimum Gasteiger partial charge on any atom is -0.465 e. The monoisotopic (exact) mass is 375 g/mol. The zero-order valence-electron chi connectivity index (χ0n) is 14.7. The van der Waals surface area contributed by atoms with Gasteiger partial charge in [-0.15, -0.1) is 0 Å². The van der Waals surface area contributed by atoms with Crippen LogP contribution in [0.3, 0.4) is 0 Å². The number of nitro benzene ring substituents is 1. The number of methoxy groups -OCH3 is 2. The van der Waals surface area contributed by atoms with Crippen molar-refractivity contribution in [1.29, 1.82) is 0 Å². The predicted molar refractivity (Wildman–Crippen MR) is 95.8 cm³/mol. The fraction of sp³-hybridized carbons (Fsp3) is 0.222. The van der Waals surface area contributed by atoms with Gasteiger partial charge in [0.1, 0.15) is 0 Å². The van der Waals surface area contributed by atoms with Gasteiger partial charge < -0.3 is 9.47 Å². The van der Waals surface area contributed by atoms with Crippen LogP contribution in [-0.4, -0.2) is 31.1 Å². The Labute approximate surface area is 154 Å². The number of aryl methyl sites for hydroxylation is 1. The molecular weight excluding hydrogens is 358 g/mol. The minimum atomic E-state index is -0.630. The molecule has 0 aliphatic carbocycles. The summed E-state index contributed by atoms with van der Waals surface area (Å²) in [6, 6.07) is 8.23. The van der Waals surface area contributed by atoms with E-state index in [-0.39, 0.29) is 16.8 Å². The maximum atomic E-state index is 12.0. The second-order valence-corrected chi connectivity index (χ2v) is 6.46. The number of nitrogens with zero attached hydrogens (tertiary/aromatic N) is 1. The lowest BCUT2D eigenvalue weighted by atomic mass is 10.0. The van der Waals surface area contributed by atoms with Crippen LogP contribution in [0.25, 0.3) is 0 Å². The van der Waals surface area contributed by atoms with Crippen LogP contribution in [0.5, 0.6) is 0 Å². The molecule has 0 N–H and O–H groups in total. The third-order valence-electron chi connectivity index (χ3n) is 3.79. The molecule has 136 valence electrons. The predicted octanol–water partition coefficient (Wildman–Crippen LogP) is 3.94. The van der Waals surface area contributed by atoms with Crippen molar-refractivity contribution < 1.29 is 24.0 Å². The van der Waals surface area contributed by atoms with Crippen molar-refractivity contribution in [2.75, 3.05) is 14.2 Å². The van der Waals surface area contributed by atoms with E-state index < -0.39 is 16.9 Å². The number of carbonyl (C=O) groups is 2. The lowest BCUT2D eigenvalue weighted by Crippen LogP contribution is -2.09. The molecule has 26 heavy (non-hydrogen) atoms. The van der Waals surface area contributed by atoms with E-state index in [1.165, 1.54) is 21.1 Å². The molecule has 0 amide bonds. The third-order valence-corrected chi connectivity index (χ3v) is 4.90. The molecule has 0 heterocycles. The maximum Gasteiger partial charge on any atom is 0.339 e. The first-order valence-corrected chi connectivity index (χ1v) is 8.35. The summed E-state index contributed by atoms with van der Waals surface area (Å²) in [5.41, 5.74) is 1.06. The van der Waals surface area contributed by atoms with Gasteiger partial charge in [0, 0.05) is 10.5 Å². The highest BCUT2D eigenvalue weighted by Gasteiger charge is 2.27. The van der Waals surface area contributed by atoms with Crippen LogP contribution in [0.4, 0.5) is 5.69 Å². The molecule has 2 rings (SSSR count). The fourth-order valence-corrected chi connectivity index (χ4v) is 3.81. The van der Waals surface area contributed by atoms with Crippen LogP contribution in [0.2, 0.25) is 0 Å². The van der Waals surface area contributed by atoms with Crippen molar-refractivity contribution in [3.8, 4) is 0 Å². The maximum absolute atomic E-state index is 12.0. The van der Waals surface area contributed by atoms with Crippen LogP contribution in [0.1, 0.15) is 31.8 Å². The summed E-state index contributed by atoms with van der Waals surface area (Å²) in [5.74, 6) is -1.16. The van der Waals surface area contributed by atoms with Crippen LogP contribution < -0.4 is 0 Å². The molecule has 8 heteroatoms. The van der Waals surface area contributed by atoms with Gasteiger partial charge >= 0.3 is 11.9 Å². The Hall–Kier alpha value is -2.87. The summed E-state index contributed by atoms with van der Waals surface area (Å²) in [7, 11) is 2.49. The van der Waals surface area contributed by atoms with Gasteiger partial charge in [-0.25, -0.2) is 9.59 Å². The van der Waals surface area contributed by atoms with Gasteiger partial charge in [0.15, 0.2) is 0 Å². The summed E-state index contributed by atoms with van der Waals surface area (Å²) in [6.07, 6.45) is 0. The second kappa shape index (κ2) is 8.01. The number of nitro groups is 1. The fourth-order valence-electron chi connectivity index (χ4n) is 2.61. The first kappa shape index (κ1) is 19.5. The Bertz CT molecular complexity index is 893. The van der Waals surface area contributed by atoms with E-state index in [1.807, 2.05) is 0 Å². The van der Waals surface area contributed by atoms with Gasteiger partial charge in [-0.3, -0.25) is 10.1 Å². The standard InChI is InChI=1S/C18H17NO6S/c1-10-9-14(16(19(22)23)11(2)15(10)18(21)25-4)26-13-8-6-5-7-12(13)17(20)24-3/h5-9H,1-4H3. The van der Waals surface area contributed by atoms with Crippen molar-refractivity contribution in [1.82, 2.24) is 0 Å². The summed E-state index contributed by atoms with van der Waals surface area (Å²) >= 11 is 1.07. The van der Waals surface area contributed by atoms with Crippen LogP contribution in [0.15, 0.2) is 40.1 Å². The molecule has 0 unspecified atom stereocenters. The topological polar surface area (TPSA) is 95.7 Å². The first-order chi connectivity index (χ1) is 12.3. The Balaban J connectivity index is 2.64. The molecule has 0 radical (unpaired) electrons. The average Bonchev–Trinajstić information content (AvgIpc) is 2.60. The third kappa shape index (κ3) is 3.70. The quantitative estimate of drug-likeness (QED) is 0.444. The molecule has 0 aliphatic rings. The molecule has 0 saturated heterocycles. The Morgan fingerprint density at radius 1 is 1.04 bits per heavy atom. The Morgan fingerprint density at radius 2 is 1.65 bits per heavy atom. The van der Waals surface area contributed by atoms with E-state index in [4.69, 9.17) is 9.47 Å². The molecule has 0 atom stereocenters. The highest BCUT2D eigenvalue weighted by molar-refractivity contribution is 7.99. The van der Waals surface area contributed by atoms with Crippen molar-refractivity contribution >= 4 is 29.4 Å². The normalized spacial score (nSPS) is 10.3. The van der Waals surface area contributed by atoms with E-state index in [0.29, 0.717) is 20.9 Å². The zero-order valence-corrected chi connectivity index (χ0v) is 15.5. The first-order valence-electron chi connectivity index (χ1n) is 7.53. The van der Waals surface area contributed by atoms with E-state index in [0.717, 1.165) is 11.8 Å². The minimum absolute atomic E-state index is 0.171. The summed E-state index contributed by atoms with van der Waals surface area (Å²) < 4.78 is 9.48. The van der Waals surface area contributed by atoms with Crippen LogP contribution in [0, 0.1) is 24.0 Å². The molecule has 2 aromatic carbocycles. The van der Waals surface area contributed by atoms with E-state index in [2.05, 4.69) is 0 Å². The van der Waals surface area contributed by atoms with Crippen LogP contribution in [-0.2, 0) is 9.47 Å². The number of hydrogen-bond donors (Lipinski definition) is 0. The molecule has 0 aromatic heterocycles. The number of carbonyl (C=O) groups excluding carboxylic acids is 2. The zero-order chi connectivity index (χ0) is 19.4. The van der Waals surface area contributed by atoms with Crippen molar-refractivity contribution in [3.63, 3.8) is 0 Å². The molecule has 0 bridgehead atoms.